The first-order valence-corrected chi connectivity index (χ1v) is 7.18. The highest BCUT2D eigenvalue weighted by Crippen LogP contribution is 2.23. The molecule has 112 valence electrons. The minimum absolute atomic E-state index is 0.0152. The molecule has 1 heterocycles. The van der Waals surface area contributed by atoms with Crippen LogP contribution in [0, 0.1) is 11.8 Å². The summed E-state index contributed by atoms with van der Waals surface area (Å²) in [5.74, 6) is 5.69. The molecule has 0 aromatic carbocycles. The number of halogens is 3. The summed E-state index contributed by atoms with van der Waals surface area (Å²) in [5, 5.41) is 10.5. The molecule has 20 heavy (non-hydrogen) atoms. The van der Waals surface area contributed by atoms with Crippen molar-refractivity contribution < 1.29 is 18.3 Å². The SMILES string of the molecule is CC(C)N(Cc1sccc1C#CCCO)CC(F)(F)F. The van der Waals surface area contributed by atoms with E-state index in [1.165, 1.54) is 16.2 Å². The monoisotopic (exact) mass is 305 g/mol. The summed E-state index contributed by atoms with van der Waals surface area (Å²) in [4.78, 5) is 2.21. The van der Waals surface area contributed by atoms with Crippen molar-refractivity contribution in [3.63, 3.8) is 0 Å². The molecule has 0 saturated carbocycles. The van der Waals surface area contributed by atoms with Gasteiger partial charge in [0, 0.05) is 29.4 Å². The highest BCUT2D eigenvalue weighted by molar-refractivity contribution is 7.10. The first-order chi connectivity index (χ1) is 9.33. The van der Waals surface area contributed by atoms with E-state index in [4.69, 9.17) is 5.11 Å². The van der Waals surface area contributed by atoms with Crippen molar-refractivity contribution in [2.45, 2.75) is 39.0 Å². The first-order valence-electron chi connectivity index (χ1n) is 6.30. The van der Waals surface area contributed by atoms with Gasteiger partial charge < -0.3 is 5.11 Å². The van der Waals surface area contributed by atoms with Crippen LogP contribution in [0.5, 0.6) is 0 Å². The van der Waals surface area contributed by atoms with E-state index in [0.29, 0.717) is 6.42 Å². The summed E-state index contributed by atoms with van der Waals surface area (Å²) in [6.45, 7) is 2.79. The van der Waals surface area contributed by atoms with Crippen LogP contribution < -0.4 is 0 Å². The molecule has 1 aromatic heterocycles. The van der Waals surface area contributed by atoms with Crippen molar-refractivity contribution in [3.8, 4) is 11.8 Å². The Morgan fingerprint density at radius 2 is 2.10 bits per heavy atom. The molecule has 0 saturated heterocycles. The largest absolute Gasteiger partial charge is 0.401 e. The molecule has 0 atom stereocenters. The van der Waals surface area contributed by atoms with Gasteiger partial charge in [-0.25, -0.2) is 0 Å². The Morgan fingerprint density at radius 3 is 2.65 bits per heavy atom. The third-order valence-electron chi connectivity index (χ3n) is 2.66. The maximum Gasteiger partial charge on any atom is 0.401 e. The van der Waals surface area contributed by atoms with Crippen molar-refractivity contribution in [1.29, 1.82) is 0 Å². The molecule has 6 heteroatoms. The number of alkyl halides is 3. The molecule has 0 bridgehead atoms. The number of hydrogen-bond donors (Lipinski definition) is 1. The van der Waals surface area contributed by atoms with E-state index in [0.717, 1.165) is 10.4 Å². The minimum Gasteiger partial charge on any atom is -0.395 e. The lowest BCUT2D eigenvalue weighted by Gasteiger charge is -2.27. The van der Waals surface area contributed by atoms with E-state index in [1.54, 1.807) is 19.9 Å². The summed E-state index contributed by atoms with van der Waals surface area (Å²) in [6, 6.07) is 1.60. The molecule has 0 aliphatic heterocycles. The molecule has 0 amide bonds. The van der Waals surface area contributed by atoms with Crippen LogP contribution >= 0.6 is 11.3 Å². The summed E-state index contributed by atoms with van der Waals surface area (Å²) in [6.07, 6.45) is -3.84. The van der Waals surface area contributed by atoms with Gasteiger partial charge in [0.1, 0.15) is 0 Å². The van der Waals surface area contributed by atoms with E-state index >= 15 is 0 Å². The van der Waals surface area contributed by atoms with Crippen molar-refractivity contribution in [1.82, 2.24) is 4.90 Å². The van der Waals surface area contributed by atoms with Crippen molar-refractivity contribution in [3.05, 3.63) is 21.9 Å². The van der Waals surface area contributed by atoms with Gasteiger partial charge in [-0.15, -0.1) is 11.3 Å². The zero-order valence-electron chi connectivity index (χ0n) is 11.5. The lowest BCUT2D eigenvalue weighted by Crippen LogP contribution is -2.38. The Labute approximate surface area is 121 Å². The van der Waals surface area contributed by atoms with Gasteiger partial charge in [-0.3, -0.25) is 4.90 Å². The van der Waals surface area contributed by atoms with Gasteiger partial charge in [0.05, 0.1) is 13.2 Å². The molecular formula is C14H18F3NOS. The fraction of sp³-hybridized carbons (Fsp3) is 0.571. The van der Waals surface area contributed by atoms with Gasteiger partial charge in [-0.05, 0) is 25.3 Å². The van der Waals surface area contributed by atoms with Crippen molar-refractivity contribution in [2.75, 3.05) is 13.2 Å². The van der Waals surface area contributed by atoms with E-state index in [-0.39, 0.29) is 19.2 Å². The molecule has 2 nitrogen and oxygen atoms in total. The van der Waals surface area contributed by atoms with Crippen LogP contribution in [0.25, 0.3) is 0 Å². The minimum atomic E-state index is -4.20. The Hall–Kier alpha value is -1.03. The van der Waals surface area contributed by atoms with Gasteiger partial charge in [0.25, 0.3) is 0 Å². The standard InChI is InChI=1S/C14H18F3NOS/c1-11(2)18(10-14(15,16)17)9-13-12(6-8-20-13)5-3-4-7-19/h6,8,11,19H,4,7,9-10H2,1-2H3. The maximum absolute atomic E-state index is 12.5. The third kappa shape index (κ3) is 5.95. The van der Waals surface area contributed by atoms with Gasteiger partial charge >= 0.3 is 6.18 Å². The fourth-order valence-corrected chi connectivity index (χ4v) is 2.48. The number of hydrogen-bond acceptors (Lipinski definition) is 3. The Bertz CT molecular complexity index is 471. The van der Waals surface area contributed by atoms with E-state index in [2.05, 4.69) is 11.8 Å². The zero-order valence-corrected chi connectivity index (χ0v) is 12.3. The maximum atomic E-state index is 12.5. The van der Waals surface area contributed by atoms with Crippen molar-refractivity contribution >= 4 is 11.3 Å². The molecule has 0 spiro atoms. The second-order valence-electron chi connectivity index (χ2n) is 4.65. The highest BCUT2D eigenvalue weighted by Gasteiger charge is 2.32. The molecule has 0 unspecified atom stereocenters. The normalized spacial score (nSPS) is 11.8. The summed E-state index contributed by atoms with van der Waals surface area (Å²) in [7, 11) is 0. The summed E-state index contributed by atoms with van der Waals surface area (Å²) in [5.41, 5.74) is 0.747. The average molecular weight is 305 g/mol. The van der Waals surface area contributed by atoms with Crippen LogP contribution in [0.3, 0.4) is 0 Å². The number of nitrogens with zero attached hydrogens (tertiary/aromatic N) is 1. The molecular weight excluding hydrogens is 287 g/mol. The van der Waals surface area contributed by atoms with Crippen LogP contribution in [-0.4, -0.2) is 35.4 Å². The predicted molar refractivity (Wildman–Crippen MR) is 74.5 cm³/mol. The quantitative estimate of drug-likeness (QED) is 0.844. The molecule has 0 radical (unpaired) electrons. The Balaban J connectivity index is 2.80. The van der Waals surface area contributed by atoms with Gasteiger partial charge in [-0.2, -0.15) is 13.2 Å². The molecule has 0 fully saturated rings. The molecule has 1 N–H and O–H groups in total. The third-order valence-corrected chi connectivity index (χ3v) is 3.57. The number of thiophene rings is 1. The van der Waals surface area contributed by atoms with Gasteiger partial charge in [0.15, 0.2) is 0 Å². The van der Waals surface area contributed by atoms with E-state index < -0.39 is 12.7 Å². The second kappa shape index (κ2) is 7.67. The van der Waals surface area contributed by atoms with E-state index in [9.17, 15) is 13.2 Å². The average Bonchev–Trinajstić information content (AvgIpc) is 2.74. The highest BCUT2D eigenvalue weighted by atomic mass is 32.1. The summed E-state index contributed by atoms with van der Waals surface area (Å²) >= 11 is 1.41. The predicted octanol–water partition coefficient (Wildman–Crippen LogP) is 3.25. The van der Waals surface area contributed by atoms with Crippen LogP contribution in [0.4, 0.5) is 13.2 Å². The van der Waals surface area contributed by atoms with Gasteiger partial charge in [-0.1, -0.05) is 11.8 Å². The number of aliphatic hydroxyl groups excluding tert-OH is 1. The molecule has 0 aliphatic rings. The fourth-order valence-electron chi connectivity index (χ4n) is 1.62. The molecule has 0 aliphatic carbocycles. The molecule has 1 aromatic rings. The summed E-state index contributed by atoms with van der Waals surface area (Å²) < 4.78 is 37.6. The lowest BCUT2D eigenvalue weighted by molar-refractivity contribution is -0.150. The van der Waals surface area contributed by atoms with Crippen LogP contribution in [0.1, 0.15) is 30.7 Å². The zero-order chi connectivity index (χ0) is 15.2. The second-order valence-corrected chi connectivity index (χ2v) is 5.65. The van der Waals surface area contributed by atoms with Crippen LogP contribution in [-0.2, 0) is 6.54 Å². The number of rotatable bonds is 5. The number of aliphatic hydroxyl groups is 1. The Kier molecular flexibility index (Phi) is 6.53. The van der Waals surface area contributed by atoms with E-state index in [1.807, 2.05) is 5.38 Å². The topological polar surface area (TPSA) is 23.5 Å². The van der Waals surface area contributed by atoms with Gasteiger partial charge in [0.2, 0.25) is 0 Å². The van der Waals surface area contributed by atoms with Crippen LogP contribution in [0.2, 0.25) is 0 Å². The van der Waals surface area contributed by atoms with Crippen LogP contribution in [0.15, 0.2) is 11.4 Å². The smallest absolute Gasteiger partial charge is 0.395 e. The van der Waals surface area contributed by atoms with Crippen molar-refractivity contribution in [2.24, 2.45) is 0 Å². The molecule has 1 rings (SSSR count). The first kappa shape index (κ1) is 17.0. The lowest BCUT2D eigenvalue weighted by atomic mass is 10.2. The Morgan fingerprint density at radius 1 is 1.40 bits per heavy atom.